The molecular formula is C19H16ClN3O4. The third-order valence-corrected chi connectivity index (χ3v) is 5.66. The van der Waals surface area contributed by atoms with Crippen molar-refractivity contribution in [2.45, 2.75) is 18.6 Å². The highest BCUT2D eigenvalue weighted by atomic mass is 35.5. The van der Waals surface area contributed by atoms with Gasteiger partial charge in [0, 0.05) is 16.8 Å². The number of carbonyl (C=O) groups is 2. The number of aromatic nitrogens is 1. The molecule has 0 saturated carbocycles. The molecule has 3 aliphatic rings. The van der Waals surface area contributed by atoms with Crippen LogP contribution in [0.1, 0.15) is 5.76 Å². The topological polar surface area (TPSA) is 84.7 Å². The van der Waals surface area contributed by atoms with E-state index in [-0.39, 0.29) is 11.8 Å². The van der Waals surface area contributed by atoms with Crippen molar-refractivity contribution in [2.24, 2.45) is 11.8 Å². The van der Waals surface area contributed by atoms with Crippen LogP contribution in [0.2, 0.25) is 5.02 Å². The van der Waals surface area contributed by atoms with Crippen LogP contribution < -0.4 is 10.2 Å². The molecule has 2 fully saturated rings. The van der Waals surface area contributed by atoms with Crippen molar-refractivity contribution in [1.82, 2.24) is 5.16 Å². The number of ether oxygens (including phenoxy) is 1. The molecule has 0 aliphatic carbocycles. The van der Waals surface area contributed by atoms with E-state index in [4.69, 9.17) is 20.9 Å². The van der Waals surface area contributed by atoms with Crippen molar-refractivity contribution in [2.75, 3.05) is 16.8 Å². The lowest BCUT2D eigenvalue weighted by molar-refractivity contribution is -0.128. The molecule has 1 spiro atoms. The summed E-state index contributed by atoms with van der Waals surface area (Å²) in [5.74, 6) is -0.548. The van der Waals surface area contributed by atoms with Crippen LogP contribution in [0.3, 0.4) is 0 Å². The molecule has 138 valence electrons. The maximum atomic E-state index is 13.1. The zero-order valence-corrected chi connectivity index (χ0v) is 15.1. The summed E-state index contributed by atoms with van der Waals surface area (Å²) in [6.45, 7) is 2.08. The van der Waals surface area contributed by atoms with Gasteiger partial charge in [0.05, 0.1) is 24.5 Å². The predicted octanol–water partition coefficient (Wildman–Crippen LogP) is 2.56. The molecule has 2 unspecified atom stereocenters. The van der Waals surface area contributed by atoms with Crippen molar-refractivity contribution >= 4 is 34.9 Å². The van der Waals surface area contributed by atoms with Gasteiger partial charge >= 0.3 is 0 Å². The van der Waals surface area contributed by atoms with Crippen LogP contribution in [0.15, 0.2) is 47.0 Å². The molecule has 4 atom stereocenters. The molecule has 0 radical (unpaired) electrons. The van der Waals surface area contributed by atoms with Gasteiger partial charge < -0.3 is 14.6 Å². The fourth-order valence-electron chi connectivity index (χ4n) is 4.23. The number of rotatable bonds is 3. The van der Waals surface area contributed by atoms with Crippen molar-refractivity contribution in [3.8, 4) is 0 Å². The minimum Gasteiger partial charge on any atom is -0.360 e. The second kappa shape index (κ2) is 5.68. The Balaban J connectivity index is 1.43. The molecule has 1 aromatic heterocycles. The smallest absolute Gasteiger partial charge is 0.235 e. The summed E-state index contributed by atoms with van der Waals surface area (Å²) < 4.78 is 11.2. The van der Waals surface area contributed by atoms with E-state index >= 15 is 0 Å². The zero-order valence-electron chi connectivity index (χ0n) is 14.4. The van der Waals surface area contributed by atoms with Gasteiger partial charge in [-0.25, -0.2) is 0 Å². The summed E-state index contributed by atoms with van der Waals surface area (Å²) in [6, 6.07) is 8.55. The molecule has 7 nitrogen and oxygen atoms in total. The lowest BCUT2D eigenvalue weighted by atomic mass is 9.77. The number of anilines is 2. The van der Waals surface area contributed by atoms with E-state index in [0.717, 1.165) is 0 Å². The quantitative estimate of drug-likeness (QED) is 0.821. The minimum atomic E-state index is -0.795. The van der Waals surface area contributed by atoms with Crippen LogP contribution in [-0.2, 0) is 14.3 Å². The van der Waals surface area contributed by atoms with Gasteiger partial charge in [0.15, 0.2) is 5.82 Å². The highest BCUT2D eigenvalue weighted by molar-refractivity contribution is 6.30. The third-order valence-electron chi connectivity index (χ3n) is 5.41. The van der Waals surface area contributed by atoms with E-state index in [9.17, 15) is 9.59 Å². The highest BCUT2D eigenvalue weighted by Gasteiger charge is 2.67. The Morgan fingerprint density at radius 1 is 1.37 bits per heavy atom. The first-order chi connectivity index (χ1) is 13.0. The SMILES string of the molecule is Cc1cc(N2C[C@]34C=C[C@@H](O3)C(C(=O)Nc3ccc(Cl)cc3)C4C2=O)no1. The average molecular weight is 386 g/mol. The first-order valence-electron chi connectivity index (χ1n) is 8.65. The first kappa shape index (κ1) is 16.5. The third kappa shape index (κ3) is 2.42. The monoisotopic (exact) mass is 385 g/mol. The Labute approximate surface area is 159 Å². The lowest BCUT2D eigenvalue weighted by Gasteiger charge is -2.23. The van der Waals surface area contributed by atoms with Crippen LogP contribution in [0.4, 0.5) is 11.5 Å². The molecular weight excluding hydrogens is 370 g/mol. The lowest BCUT2D eigenvalue weighted by Crippen LogP contribution is -2.41. The highest BCUT2D eigenvalue weighted by Crippen LogP contribution is 2.52. The largest absolute Gasteiger partial charge is 0.360 e. The molecule has 8 heteroatoms. The van der Waals surface area contributed by atoms with E-state index in [2.05, 4.69) is 10.5 Å². The number of benzene rings is 1. The van der Waals surface area contributed by atoms with Crippen LogP contribution in [-0.4, -0.2) is 35.2 Å². The second-order valence-corrected chi connectivity index (χ2v) is 7.55. The number of nitrogens with one attached hydrogen (secondary N) is 1. The van der Waals surface area contributed by atoms with E-state index in [1.54, 1.807) is 37.3 Å². The summed E-state index contributed by atoms with van der Waals surface area (Å²) in [5, 5.41) is 7.39. The Hall–Kier alpha value is -2.64. The number of hydrogen-bond acceptors (Lipinski definition) is 5. The van der Waals surface area contributed by atoms with Gasteiger partial charge in [0.25, 0.3) is 0 Å². The Morgan fingerprint density at radius 3 is 2.85 bits per heavy atom. The van der Waals surface area contributed by atoms with Gasteiger partial charge in [-0.1, -0.05) is 28.9 Å². The maximum Gasteiger partial charge on any atom is 0.235 e. The normalized spacial score (nSPS) is 30.8. The molecule has 2 bridgehead atoms. The minimum absolute atomic E-state index is 0.175. The number of aryl methyl sites for hydroxylation is 1. The molecule has 27 heavy (non-hydrogen) atoms. The number of carbonyl (C=O) groups excluding carboxylic acids is 2. The van der Waals surface area contributed by atoms with E-state index in [1.165, 1.54) is 4.90 Å². The fourth-order valence-corrected chi connectivity index (χ4v) is 4.36. The van der Waals surface area contributed by atoms with Gasteiger partial charge in [-0.2, -0.15) is 0 Å². The predicted molar refractivity (Wildman–Crippen MR) is 97.4 cm³/mol. The van der Waals surface area contributed by atoms with Gasteiger partial charge in [-0.05, 0) is 31.2 Å². The number of nitrogens with zero attached hydrogens (tertiary/aromatic N) is 2. The summed E-state index contributed by atoms with van der Waals surface area (Å²) in [6.07, 6.45) is 3.36. The molecule has 2 amide bonds. The van der Waals surface area contributed by atoms with Crippen molar-refractivity contribution in [1.29, 1.82) is 0 Å². The van der Waals surface area contributed by atoms with Crippen LogP contribution in [0, 0.1) is 18.8 Å². The fraction of sp³-hybridized carbons (Fsp3) is 0.316. The zero-order chi connectivity index (χ0) is 18.8. The molecule has 5 rings (SSSR count). The molecule has 3 aliphatic heterocycles. The number of fused-ring (bicyclic) bond motifs is 1. The van der Waals surface area contributed by atoms with Crippen LogP contribution in [0.5, 0.6) is 0 Å². The second-order valence-electron chi connectivity index (χ2n) is 7.12. The first-order valence-corrected chi connectivity index (χ1v) is 9.03. The number of amides is 2. The molecule has 1 aromatic carbocycles. The summed E-state index contributed by atoms with van der Waals surface area (Å²) in [5.41, 5.74) is -0.170. The Morgan fingerprint density at radius 2 is 2.15 bits per heavy atom. The number of halogens is 1. The van der Waals surface area contributed by atoms with Crippen molar-refractivity contribution < 1.29 is 18.8 Å². The van der Waals surface area contributed by atoms with Crippen molar-refractivity contribution in [3.05, 3.63) is 53.3 Å². The van der Waals surface area contributed by atoms with Crippen LogP contribution in [0.25, 0.3) is 0 Å². The van der Waals surface area contributed by atoms with Gasteiger partial charge in [0.2, 0.25) is 11.8 Å². The van der Waals surface area contributed by atoms with Gasteiger partial charge in [0.1, 0.15) is 11.4 Å². The molecule has 2 aromatic rings. The summed E-state index contributed by atoms with van der Waals surface area (Å²) in [4.78, 5) is 27.6. The van der Waals surface area contributed by atoms with Crippen LogP contribution >= 0.6 is 11.6 Å². The number of hydrogen-bond donors (Lipinski definition) is 1. The molecule has 1 N–H and O–H groups in total. The Kier molecular flexibility index (Phi) is 3.47. The van der Waals surface area contributed by atoms with E-state index in [0.29, 0.717) is 28.8 Å². The molecule has 4 heterocycles. The summed E-state index contributed by atoms with van der Waals surface area (Å²) in [7, 11) is 0. The van der Waals surface area contributed by atoms with Crippen molar-refractivity contribution in [3.63, 3.8) is 0 Å². The van der Waals surface area contributed by atoms with Gasteiger partial charge in [-0.3, -0.25) is 14.5 Å². The standard InChI is InChI=1S/C19H16ClN3O4/c1-10-8-14(22-27-10)23-9-19-7-6-13(26-19)15(16(19)18(23)25)17(24)21-12-4-2-11(20)3-5-12/h2-8,13,15-16H,9H2,1H3,(H,21,24)/t13-,15?,16?,19+/m1/s1. The Bertz CT molecular complexity index is 970. The van der Waals surface area contributed by atoms with E-state index < -0.39 is 23.5 Å². The summed E-state index contributed by atoms with van der Waals surface area (Å²) >= 11 is 5.89. The van der Waals surface area contributed by atoms with Gasteiger partial charge in [-0.15, -0.1) is 0 Å². The average Bonchev–Trinajstić information content (AvgIpc) is 3.38. The molecule has 2 saturated heterocycles. The maximum absolute atomic E-state index is 13.1. The van der Waals surface area contributed by atoms with E-state index in [1.807, 2.05) is 12.2 Å².